The largest absolute Gasteiger partial charge is 0.441 e. The van der Waals surface area contributed by atoms with E-state index in [4.69, 9.17) is 10.2 Å². The van der Waals surface area contributed by atoms with Gasteiger partial charge < -0.3 is 14.7 Å². The van der Waals surface area contributed by atoms with E-state index in [1.54, 1.807) is 0 Å². The third kappa shape index (κ3) is 2.14. The van der Waals surface area contributed by atoms with Crippen molar-refractivity contribution in [2.24, 2.45) is 12.8 Å². The molecular formula is C14H15BrN4O. The Morgan fingerprint density at radius 3 is 2.90 bits per heavy atom. The number of aryl methyl sites for hydroxylation is 1. The number of nitrogens with zero attached hydrogens (tertiary/aromatic N) is 3. The number of halogens is 1. The van der Waals surface area contributed by atoms with E-state index in [2.05, 4.69) is 25.9 Å². The number of benzene rings is 1. The second kappa shape index (κ2) is 5.03. The first-order chi connectivity index (χ1) is 9.60. The molecule has 0 bridgehead atoms. The van der Waals surface area contributed by atoms with Crippen LogP contribution in [0.1, 0.15) is 11.7 Å². The number of nitrogens with two attached hydrogens (primary N) is 1. The highest BCUT2D eigenvalue weighted by Gasteiger charge is 2.15. The van der Waals surface area contributed by atoms with Crippen LogP contribution in [0.4, 0.5) is 0 Å². The third-order valence-electron chi connectivity index (χ3n) is 3.25. The van der Waals surface area contributed by atoms with Gasteiger partial charge in [-0.3, -0.25) is 0 Å². The van der Waals surface area contributed by atoms with Crippen molar-refractivity contribution in [1.29, 1.82) is 0 Å². The van der Waals surface area contributed by atoms with Gasteiger partial charge >= 0.3 is 0 Å². The van der Waals surface area contributed by atoms with Gasteiger partial charge in [0, 0.05) is 26.0 Å². The fraction of sp³-hybridized carbons (Fsp3) is 0.286. The van der Waals surface area contributed by atoms with Crippen molar-refractivity contribution < 1.29 is 4.42 Å². The maximum absolute atomic E-state index is 5.61. The second-order valence-electron chi connectivity index (χ2n) is 4.68. The SMILES string of the molecule is Cc1nc2ccc(-c3nc(CCN)n(C)c3Br)cc2o1. The molecule has 3 rings (SSSR count). The lowest BCUT2D eigenvalue weighted by Gasteiger charge is -1.99. The number of hydrogen-bond acceptors (Lipinski definition) is 4. The van der Waals surface area contributed by atoms with Crippen molar-refractivity contribution in [2.75, 3.05) is 6.54 Å². The zero-order valence-corrected chi connectivity index (χ0v) is 12.9. The normalized spacial score (nSPS) is 11.4. The Kier molecular flexibility index (Phi) is 3.35. The summed E-state index contributed by atoms with van der Waals surface area (Å²) in [5.41, 5.74) is 9.14. The Balaban J connectivity index is 2.12. The molecule has 5 nitrogen and oxygen atoms in total. The predicted octanol–water partition coefficient (Wildman–Crippen LogP) is 2.80. The van der Waals surface area contributed by atoms with E-state index in [9.17, 15) is 0 Å². The Morgan fingerprint density at radius 1 is 1.35 bits per heavy atom. The molecule has 0 aliphatic rings. The van der Waals surface area contributed by atoms with E-state index in [1.807, 2.05) is 36.7 Å². The average Bonchev–Trinajstić information content (AvgIpc) is 2.92. The number of rotatable bonds is 3. The fourth-order valence-corrected chi connectivity index (χ4v) is 2.77. The minimum atomic E-state index is 0.580. The van der Waals surface area contributed by atoms with Gasteiger partial charge in [0.1, 0.15) is 21.6 Å². The summed E-state index contributed by atoms with van der Waals surface area (Å²) in [6.07, 6.45) is 0.749. The molecule has 0 saturated heterocycles. The lowest BCUT2D eigenvalue weighted by molar-refractivity contribution is 0.561. The van der Waals surface area contributed by atoms with Crippen LogP contribution in [0.25, 0.3) is 22.4 Å². The van der Waals surface area contributed by atoms with Gasteiger partial charge in [0.25, 0.3) is 0 Å². The quantitative estimate of drug-likeness (QED) is 0.799. The van der Waals surface area contributed by atoms with Gasteiger partial charge in [-0.1, -0.05) is 6.07 Å². The van der Waals surface area contributed by atoms with Crippen molar-refractivity contribution in [3.63, 3.8) is 0 Å². The molecule has 20 heavy (non-hydrogen) atoms. The lowest BCUT2D eigenvalue weighted by atomic mass is 10.1. The summed E-state index contributed by atoms with van der Waals surface area (Å²) in [5.74, 6) is 1.63. The van der Waals surface area contributed by atoms with E-state index in [0.29, 0.717) is 12.4 Å². The van der Waals surface area contributed by atoms with Gasteiger partial charge in [-0.05, 0) is 34.6 Å². The first kappa shape index (κ1) is 13.3. The van der Waals surface area contributed by atoms with Gasteiger partial charge in [0.2, 0.25) is 0 Å². The molecule has 0 atom stereocenters. The Morgan fingerprint density at radius 2 is 2.15 bits per heavy atom. The fourth-order valence-electron chi connectivity index (χ4n) is 2.25. The molecule has 3 aromatic rings. The van der Waals surface area contributed by atoms with Gasteiger partial charge in [-0.15, -0.1) is 0 Å². The van der Waals surface area contributed by atoms with Crippen LogP contribution in [0.2, 0.25) is 0 Å². The molecule has 2 aromatic heterocycles. The molecule has 0 aliphatic carbocycles. The van der Waals surface area contributed by atoms with E-state index in [0.717, 1.165) is 39.2 Å². The smallest absolute Gasteiger partial charge is 0.192 e. The monoisotopic (exact) mass is 334 g/mol. The number of fused-ring (bicyclic) bond motifs is 1. The molecule has 2 heterocycles. The van der Waals surface area contributed by atoms with E-state index >= 15 is 0 Å². The summed E-state index contributed by atoms with van der Waals surface area (Å²) < 4.78 is 8.53. The van der Waals surface area contributed by atoms with Crippen LogP contribution in [0.15, 0.2) is 27.2 Å². The summed E-state index contributed by atoms with van der Waals surface area (Å²) >= 11 is 3.59. The van der Waals surface area contributed by atoms with Crippen molar-refractivity contribution in [1.82, 2.24) is 14.5 Å². The van der Waals surface area contributed by atoms with Gasteiger partial charge in [-0.2, -0.15) is 0 Å². The highest BCUT2D eigenvalue weighted by atomic mass is 79.9. The molecule has 0 fully saturated rings. The van der Waals surface area contributed by atoms with Gasteiger partial charge in [0.15, 0.2) is 11.5 Å². The molecule has 0 radical (unpaired) electrons. The maximum Gasteiger partial charge on any atom is 0.192 e. The molecule has 0 unspecified atom stereocenters. The summed E-state index contributed by atoms with van der Waals surface area (Å²) in [7, 11) is 1.97. The van der Waals surface area contributed by atoms with Crippen LogP contribution in [-0.4, -0.2) is 21.1 Å². The first-order valence-corrected chi connectivity index (χ1v) is 7.18. The number of hydrogen-bond donors (Lipinski definition) is 1. The molecule has 1 aromatic carbocycles. The maximum atomic E-state index is 5.61. The summed E-state index contributed by atoms with van der Waals surface area (Å²) in [6, 6.07) is 5.92. The van der Waals surface area contributed by atoms with Crippen molar-refractivity contribution in [2.45, 2.75) is 13.3 Å². The zero-order chi connectivity index (χ0) is 14.3. The Hall–Kier alpha value is -1.66. The molecule has 0 aliphatic heterocycles. The molecule has 6 heteroatoms. The molecule has 0 amide bonds. The van der Waals surface area contributed by atoms with Crippen LogP contribution in [0.3, 0.4) is 0 Å². The van der Waals surface area contributed by atoms with Crippen LogP contribution >= 0.6 is 15.9 Å². The number of aromatic nitrogens is 3. The zero-order valence-electron chi connectivity index (χ0n) is 11.4. The second-order valence-corrected chi connectivity index (χ2v) is 5.43. The number of oxazole rings is 1. The molecular weight excluding hydrogens is 320 g/mol. The van der Waals surface area contributed by atoms with Crippen LogP contribution in [-0.2, 0) is 13.5 Å². The minimum absolute atomic E-state index is 0.580. The van der Waals surface area contributed by atoms with E-state index in [-0.39, 0.29) is 0 Å². The highest BCUT2D eigenvalue weighted by molar-refractivity contribution is 9.10. The van der Waals surface area contributed by atoms with Crippen LogP contribution < -0.4 is 5.73 Å². The van der Waals surface area contributed by atoms with Gasteiger partial charge in [0.05, 0.1) is 0 Å². The molecule has 104 valence electrons. The first-order valence-electron chi connectivity index (χ1n) is 6.39. The topological polar surface area (TPSA) is 69.9 Å². The third-order valence-corrected chi connectivity index (χ3v) is 4.16. The summed E-state index contributed by atoms with van der Waals surface area (Å²) in [6.45, 7) is 2.42. The Labute approximate surface area is 124 Å². The summed E-state index contributed by atoms with van der Waals surface area (Å²) in [4.78, 5) is 8.96. The van der Waals surface area contributed by atoms with Crippen molar-refractivity contribution in [3.05, 3.63) is 34.5 Å². The van der Waals surface area contributed by atoms with Crippen LogP contribution in [0, 0.1) is 6.92 Å². The molecule has 2 N–H and O–H groups in total. The minimum Gasteiger partial charge on any atom is -0.441 e. The standard InChI is InChI=1S/C14H15BrN4O/c1-8-17-10-4-3-9(7-11(10)20-8)13-14(15)19(2)12(18-13)5-6-16/h3-4,7H,5-6,16H2,1-2H3. The Bertz CT molecular complexity index is 775. The van der Waals surface area contributed by atoms with Crippen LogP contribution in [0.5, 0.6) is 0 Å². The molecule has 0 saturated carbocycles. The van der Waals surface area contributed by atoms with E-state index in [1.165, 1.54) is 0 Å². The van der Waals surface area contributed by atoms with E-state index < -0.39 is 0 Å². The predicted molar refractivity (Wildman–Crippen MR) is 81.4 cm³/mol. The lowest BCUT2D eigenvalue weighted by Crippen LogP contribution is -2.07. The highest BCUT2D eigenvalue weighted by Crippen LogP contribution is 2.30. The van der Waals surface area contributed by atoms with Crippen molar-refractivity contribution >= 4 is 27.0 Å². The van der Waals surface area contributed by atoms with Crippen molar-refractivity contribution in [3.8, 4) is 11.3 Å². The summed E-state index contributed by atoms with van der Waals surface area (Å²) in [5, 5.41) is 0. The van der Waals surface area contributed by atoms with Gasteiger partial charge in [-0.25, -0.2) is 9.97 Å². The average molecular weight is 335 g/mol. The molecule has 0 spiro atoms. The number of imidazole rings is 1.